The van der Waals surface area contributed by atoms with Crippen LogP contribution in [0.2, 0.25) is 0 Å². The second kappa shape index (κ2) is 14.1. The van der Waals surface area contributed by atoms with E-state index in [9.17, 15) is 9.59 Å². The minimum atomic E-state index is -0.643. The van der Waals surface area contributed by atoms with Crippen LogP contribution in [0.15, 0.2) is 84.9 Å². The molecule has 234 valence electrons. The molecule has 0 radical (unpaired) electrons. The van der Waals surface area contributed by atoms with Crippen LogP contribution < -0.4 is 15.8 Å². The molecule has 0 spiro atoms. The number of aromatic nitrogens is 2. The van der Waals surface area contributed by atoms with E-state index < -0.39 is 11.7 Å². The number of rotatable bonds is 8. The highest BCUT2D eigenvalue weighted by Gasteiger charge is 2.27. The highest BCUT2D eigenvalue weighted by molar-refractivity contribution is 5.87. The van der Waals surface area contributed by atoms with Crippen molar-refractivity contribution >= 4 is 23.8 Å². The van der Waals surface area contributed by atoms with Crippen LogP contribution in [0.4, 0.5) is 21.2 Å². The number of nitrogen functional groups attached to an aromatic ring is 1. The Morgan fingerprint density at radius 1 is 0.889 bits per heavy atom. The summed E-state index contributed by atoms with van der Waals surface area (Å²) in [4.78, 5) is 36.1. The quantitative estimate of drug-likeness (QED) is 0.215. The normalized spacial score (nSPS) is 13.6. The summed E-state index contributed by atoms with van der Waals surface area (Å²) in [6, 6.07) is 26.7. The molecule has 2 heterocycles. The number of anilines is 2. The highest BCUT2D eigenvalue weighted by atomic mass is 16.6. The van der Waals surface area contributed by atoms with Gasteiger partial charge in [0.15, 0.2) is 0 Å². The third kappa shape index (κ3) is 8.95. The minimum Gasteiger partial charge on any atom is -0.488 e. The van der Waals surface area contributed by atoms with Gasteiger partial charge < -0.3 is 24.8 Å². The first-order valence-corrected chi connectivity index (χ1v) is 15.0. The molecule has 10 heteroatoms. The molecule has 45 heavy (non-hydrogen) atoms. The Balaban J connectivity index is 1.33. The number of nitrogens with zero attached hydrogens (tertiary/aromatic N) is 3. The van der Waals surface area contributed by atoms with Crippen molar-refractivity contribution in [3.05, 3.63) is 102 Å². The molecular formula is C35H39N5O5. The lowest BCUT2D eigenvalue weighted by Gasteiger charge is -2.31. The molecule has 1 aliphatic heterocycles. The fourth-order valence-electron chi connectivity index (χ4n) is 5.09. The summed E-state index contributed by atoms with van der Waals surface area (Å²) >= 11 is 0. The topological polar surface area (TPSA) is 129 Å². The van der Waals surface area contributed by atoms with Gasteiger partial charge >= 0.3 is 12.2 Å². The van der Waals surface area contributed by atoms with Crippen LogP contribution in [0.5, 0.6) is 5.75 Å². The predicted octanol–water partition coefficient (Wildman–Crippen LogP) is 7.17. The van der Waals surface area contributed by atoms with Crippen molar-refractivity contribution in [1.29, 1.82) is 0 Å². The van der Waals surface area contributed by atoms with Gasteiger partial charge in [0.1, 0.15) is 24.6 Å². The largest absolute Gasteiger partial charge is 0.488 e. The van der Waals surface area contributed by atoms with Crippen molar-refractivity contribution in [1.82, 2.24) is 14.9 Å². The summed E-state index contributed by atoms with van der Waals surface area (Å²) in [6.45, 7) is 7.09. The third-order valence-electron chi connectivity index (χ3n) is 7.28. The summed E-state index contributed by atoms with van der Waals surface area (Å²) in [5.74, 6) is 0.782. The fraction of sp³-hybridized carbons (Fsp3) is 0.314. The van der Waals surface area contributed by atoms with Crippen molar-refractivity contribution in [2.45, 2.75) is 58.3 Å². The van der Waals surface area contributed by atoms with Crippen LogP contribution in [-0.2, 0) is 22.7 Å². The zero-order valence-electron chi connectivity index (χ0n) is 25.9. The molecule has 4 aromatic rings. The molecule has 0 aliphatic carbocycles. The fourth-order valence-corrected chi connectivity index (χ4v) is 5.09. The van der Waals surface area contributed by atoms with E-state index >= 15 is 0 Å². The summed E-state index contributed by atoms with van der Waals surface area (Å²) in [5, 5.41) is 2.80. The SMILES string of the molecule is CC(C)(C)OC(=O)Nc1ccc(OCc2ccccc2)c(-c2cc(C3CCN(C(=O)OCc4ccccc4)CC3)nc(N)n2)c1. The number of nitrogens with two attached hydrogens (primary N) is 1. The van der Waals surface area contributed by atoms with Gasteiger partial charge in [-0.15, -0.1) is 0 Å². The number of amides is 2. The number of carbonyl (C=O) groups excluding carboxylic acids is 2. The summed E-state index contributed by atoms with van der Waals surface area (Å²) in [5.41, 5.74) is 10.1. The van der Waals surface area contributed by atoms with Gasteiger partial charge in [-0.1, -0.05) is 60.7 Å². The summed E-state index contributed by atoms with van der Waals surface area (Å²) in [6.07, 6.45) is 0.514. The smallest absolute Gasteiger partial charge is 0.412 e. The molecule has 3 aromatic carbocycles. The number of likely N-dealkylation sites (tertiary alicyclic amines) is 1. The maximum absolute atomic E-state index is 12.7. The number of piperidine rings is 1. The van der Waals surface area contributed by atoms with E-state index in [2.05, 4.69) is 15.3 Å². The van der Waals surface area contributed by atoms with Crippen LogP contribution in [0.3, 0.4) is 0 Å². The molecule has 1 fully saturated rings. The van der Waals surface area contributed by atoms with Crippen molar-refractivity contribution < 1.29 is 23.8 Å². The molecule has 3 N–H and O–H groups in total. The molecule has 0 bridgehead atoms. The Morgan fingerprint density at radius 2 is 1.53 bits per heavy atom. The van der Waals surface area contributed by atoms with Crippen LogP contribution in [0.25, 0.3) is 11.3 Å². The van der Waals surface area contributed by atoms with E-state index in [4.69, 9.17) is 19.9 Å². The van der Waals surface area contributed by atoms with Gasteiger partial charge in [0.2, 0.25) is 5.95 Å². The molecule has 1 aliphatic rings. The average molecular weight is 610 g/mol. The lowest BCUT2D eigenvalue weighted by Crippen LogP contribution is -2.38. The van der Waals surface area contributed by atoms with Crippen molar-refractivity contribution in [2.75, 3.05) is 24.1 Å². The molecule has 0 unspecified atom stereocenters. The third-order valence-corrected chi connectivity index (χ3v) is 7.28. The van der Waals surface area contributed by atoms with Gasteiger partial charge in [-0.25, -0.2) is 19.6 Å². The van der Waals surface area contributed by atoms with Crippen LogP contribution in [-0.4, -0.2) is 45.7 Å². The van der Waals surface area contributed by atoms with E-state index in [-0.39, 0.29) is 24.6 Å². The van der Waals surface area contributed by atoms with E-state index in [0.29, 0.717) is 55.2 Å². The molecule has 1 aromatic heterocycles. The van der Waals surface area contributed by atoms with E-state index in [0.717, 1.165) is 16.8 Å². The highest BCUT2D eigenvalue weighted by Crippen LogP contribution is 2.36. The Hall–Kier alpha value is -5.12. The Kier molecular flexibility index (Phi) is 9.82. The van der Waals surface area contributed by atoms with Crippen molar-refractivity contribution in [3.8, 4) is 17.0 Å². The minimum absolute atomic E-state index is 0.0731. The van der Waals surface area contributed by atoms with Crippen LogP contribution >= 0.6 is 0 Å². The molecule has 1 saturated heterocycles. The first-order chi connectivity index (χ1) is 21.6. The Labute approximate surface area is 263 Å². The molecule has 10 nitrogen and oxygen atoms in total. The van der Waals surface area contributed by atoms with Gasteiger partial charge in [0, 0.05) is 36.0 Å². The zero-order chi connectivity index (χ0) is 31.8. The number of benzene rings is 3. The van der Waals surface area contributed by atoms with Gasteiger partial charge in [-0.3, -0.25) is 5.32 Å². The van der Waals surface area contributed by atoms with Gasteiger partial charge in [0.05, 0.1) is 5.69 Å². The lowest BCUT2D eigenvalue weighted by atomic mass is 9.92. The van der Waals surface area contributed by atoms with Crippen LogP contribution in [0.1, 0.15) is 56.4 Å². The summed E-state index contributed by atoms with van der Waals surface area (Å²) in [7, 11) is 0. The number of nitrogens with one attached hydrogen (secondary N) is 1. The summed E-state index contributed by atoms with van der Waals surface area (Å²) < 4.78 is 17.2. The van der Waals surface area contributed by atoms with E-state index in [1.54, 1.807) is 23.1 Å². The Morgan fingerprint density at radius 3 is 2.18 bits per heavy atom. The first kappa shape index (κ1) is 31.3. The zero-order valence-corrected chi connectivity index (χ0v) is 25.9. The monoisotopic (exact) mass is 609 g/mol. The van der Waals surface area contributed by atoms with Gasteiger partial charge in [-0.2, -0.15) is 0 Å². The predicted molar refractivity (Wildman–Crippen MR) is 173 cm³/mol. The van der Waals surface area contributed by atoms with E-state index in [1.807, 2.05) is 87.5 Å². The van der Waals surface area contributed by atoms with Gasteiger partial charge in [0.25, 0.3) is 0 Å². The van der Waals surface area contributed by atoms with Gasteiger partial charge in [-0.05, 0) is 69.0 Å². The standard InChI is InChI=1S/C35H39N5O5/c1-35(2,3)45-33(41)37-27-14-15-31(43-22-24-10-6-4-7-11-24)28(20-27)30-21-29(38-32(36)39-30)26-16-18-40(19-17-26)34(42)44-23-25-12-8-5-9-13-25/h4-15,20-21,26H,16-19,22-23H2,1-3H3,(H,37,41)(H2,36,38,39). The molecule has 2 amide bonds. The Bertz CT molecular complexity index is 1600. The van der Waals surface area contributed by atoms with Crippen molar-refractivity contribution in [3.63, 3.8) is 0 Å². The second-order valence-corrected chi connectivity index (χ2v) is 11.9. The molecule has 5 rings (SSSR count). The molecular weight excluding hydrogens is 570 g/mol. The average Bonchev–Trinajstić information content (AvgIpc) is 3.03. The molecule has 0 saturated carbocycles. The second-order valence-electron chi connectivity index (χ2n) is 11.9. The number of ether oxygens (including phenoxy) is 3. The maximum atomic E-state index is 12.7. The number of hydrogen-bond donors (Lipinski definition) is 2. The molecule has 0 atom stereocenters. The van der Waals surface area contributed by atoms with E-state index in [1.165, 1.54) is 0 Å². The number of carbonyl (C=O) groups is 2. The maximum Gasteiger partial charge on any atom is 0.412 e. The van der Waals surface area contributed by atoms with Crippen LogP contribution in [0, 0.1) is 0 Å². The lowest BCUT2D eigenvalue weighted by molar-refractivity contribution is 0.0635. The van der Waals surface area contributed by atoms with Crippen molar-refractivity contribution in [2.24, 2.45) is 0 Å². The number of hydrogen-bond acceptors (Lipinski definition) is 8. The first-order valence-electron chi connectivity index (χ1n) is 15.0.